The molecule has 21 heavy (non-hydrogen) atoms. The number of nitro benzene ring substituents is 1. The van der Waals surface area contributed by atoms with Crippen LogP contribution in [0.4, 0.5) is 11.4 Å². The summed E-state index contributed by atoms with van der Waals surface area (Å²) in [6.45, 7) is 2.17. The van der Waals surface area contributed by atoms with Crippen LogP contribution in [0.15, 0.2) is 48.5 Å². The van der Waals surface area contributed by atoms with E-state index in [1.807, 2.05) is 42.3 Å². The highest BCUT2D eigenvalue weighted by atomic mass is 16.6. The molecule has 0 amide bonds. The molecule has 110 valence electrons. The van der Waals surface area contributed by atoms with Gasteiger partial charge in [-0.05, 0) is 24.1 Å². The topological polar surface area (TPSA) is 66.6 Å². The Morgan fingerprint density at radius 1 is 1.24 bits per heavy atom. The second-order valence-electron chi connectivity index (χ2n) is 5.02. The lowest BCUT2D eigenvalue weighted by Gasteiger charge is -2.20. The van der Waals surface area contributed by atoms with Crippen LogP contribution in [-0.2, 0) is 6.54 Å². The van der Waals surface area contributed by atoms with Gasteiger partial charge in [0.1, 0.15) is 5.69 Å². The predicted molar refractivity (Wildman–Crippen MR) is 82.3 cm³/mol. The van der Waals surface area contributed by atoms with Crippen LogP contribution in [0.5, 0.6) is 0 Å². The molecule has 2 aromatic carbocycles. The number of aliphatic hydroxyl groups is 1. The molecule has 0 fully saturated rings. The summed E-state index contributed by atoms with van der Waals surface area (Å²) < 4.78 is 0. The van der Waals surface area contributed by atoms with Crippen molar-refractivity contribution < 1.29 is 10.0 Å². The fraction of sp³-hybridized carbons (Fsp3) is 0.250. The van der Waals surface area contributed by atoms with Crippen LogP contribution in [0.2, 0.25) is 0 Å². The molecule has 0 spiro atoms. The third kappa shape index (κ3) is 3.58. The normalized spacial score (nSPS) is 12.0. The molecule has 5 heteroatoms. The van der Waals surface area contributed by atoms with Gasteiger partial charge in [0.05, 0.1) is 11.0 Å². The van der Waals surface area contributed by atoms with Gasteiger partial charge in [0.15, 0.2) is 0 Å². The molecule has 0 heterocycles. The average molecular weight is 286 g/mol. The molecule has 0 radical (unpaired) electrons. The average Bonchev–Trinajstić information content (AvgIpc) is 2.47. The highest BCUT2D eigenvalue weighted by Crippen LogP contribution is 2.31. The van der Waals surface area contributed by atoms with Crippen molar-refractivity contribution in [3.63, 3.8) is 0 Å². The smallest absolute Gasteiger partial charge is 0.292 e. The minimum absolute atomic E-state index is 0.00633. The summed E-state index contributed by atoms with van der Waals surface area (Å²) in [4.78, 5) is 12.7. The second kappa shape index (κ2) is 6.37. The first kappa shape index (κ1) is 15.0. The maximum absolute atomic E-state index is 11.3. The fourth-order valence-corrected chi connectivity index (χ4v) is 2.21. The second-order valence-corrected chi connectivity index (χ2v) is 5.02. The Morgan fingerprint density at radius 3 is 2.48 bits per heavy atom. The number of aliphatic hydroxyl groups excluding tert-OH is 1. The lowest BCUT2D eigenvalue weighted by molar-refractivity contribution is -0.384. The molecule has 1 atom stereocenters. The monoisotopic (exact) mass is 286 g/mol. The zero-order valence-corrected chi connectivity index (χ0v) is 12.1. The molecule has 0 unspecified atom stereocenters. The van der Waals surface area contributed by atoms with Crippen LogP contribution in [0, 0.1) is 10.1 Å². The van der Waals surface area contributed by atoms with Crippen molar-refractivity contribution in [1.29, 1.82) is 0 Å². The third-order valence-corrected chi connectivity index (χ3v) is 3.35. The zero-order chi connectivity index (χ0) is 15.4. The zero-order valence-electron chi connectivity index (χ0n) is 12.1. The van der Waals surface area contributed by atoms with E-state index in [2.05, 4.69) is 0 Å². The maximum Gasteiger partial charge on any atom is 0.292 e. The number of anilines is 1. The highest BCUT2D eigenvalue weighted by molar-refractivity contribution is 5.64. The van der Waals surface area contributed by atoms with E-state index >= 15 is 0 Å². The Hall–Kier alpha value is -2.40. The molecule has 0 bridgehead atoms. The van der Waals surface area contributed by atoms with Crippen molar-refractivity contribution in [3.8, 4) is 0 Å². The summed E-state index contributed by atoms with van der Waals surface area (Å²) in [5.41, 5.74) is 2.16. The van der Waals surface area contributed by atoms with Crippen molar-refractivity contribution in [3.05, 3.63) is 69.8 Å². The molecule has 1 N–H and O–H groups in total. The van der Waals surface area contributed by atoms with Crippen LogP contribution in [0.3, 0.4) is 0 Å². The Bertz CT molecular complexity index is 627. The Balaban J connectivity index is 2.32. The molecule has 0 aromatic heterocycles. The number of nitrogens with zero attached hydrogens (tertiary/aromatic N) is 2. The molecular weight excluding hydrogens is 268 g/mol. The van der Waals surface area contributed by atoms with Gasteiger partial charge in [-0.3, -0.25) is 10.1 Å². The molecule has 0 saturated carbocycles. The number of rotatable bonds is 5. The minimum atomic E-state index is -0.725. The van der Waals surface area contributed by atoms with Crippen molar-refractivity contribution in [2.45, 2.75) is 19.6 Å². The van der Waals surface area contributed by atoms with E-state index < -0.39 is 11.0 Å². The van der Waals surface area contributed by atoms with Gasteiger partial charge >= 0.3 is 0 Å². The van der Waals surface area contributed by atoms with Crippen LogP contribution < -0.4 is 4.90 Å². The minimum Gasteiger partial charge on any atom is -0.389 e. The van der Waals surface area contributed by atoms with Crippen LogP contribution in [0.1, 0.15) is 24.2 Å². The summed E-state index contributed by atoms with van der Waals surface area (Å²) in [6.07, 6.45) is -0.725. The van der Waals surface area contributed by atoms with Crippen molar-refractivity contribution in [2.75, 3.05) is 11.9 Å². The van der Waals surface area contributed by atoms with Gasteiger partial charge in [0.25, 0.3) is 5.69 Å². The lowest BCUT2D eigenvalue weighted by Crippen LogP contribution is -2.17. The Morgan fingerprint density at radius 2 is 1.90 bits per heavy atom. The molecule has 5 nitrogen and oxygen atoms in total. The van der Waals surface area contributed by atoms with Crippen molar-refractivity contribution in [2.24, 2.45) is 0 Å². The lowest BCUT2D eigenvalue weighted by atomic mass is 10.1. The van der Waals surface area contributed by atoms with E-state index in [-0.39, 0.29) is 5.69 Å². The van der Waals surface area contributed by atoms with Gasteiger partial charge in [0, 0.05) is 19.7 Å². The van der Waals surface area contributed by atoms with Crippen LogP contribution in [-0.4, -0.2) is 17.1 Å². The number of hydrogen-bond donors (Lipinski definition) is 1. The first-order chi connectivity index (χ1) is 9.99. The molecule has 0 saturated heterocycles. The fourth-order valence-electron chi connectivity index (χ4n) is 2.21. The first-order valence-corrected chi connectivity index (χ1v) is 6.70. The Labute approximate surface area is 123 Å². The largest absolute Gasteiger partial charge is 0.389 e. The Kier molecular flexibility index (Phi) is 4.55. The first-order valence-electron chi connectivity index (χ1n) is 6.70. The summed E-state index contributed by atoms with van der Waals surface area (Å²) in [5, 5.41) is 20.8. The molecule has 0 aliphatic rings. The van der Waals surface area contributed by atoms with Crippen molar-refractivity contribution >= 4 is 11.4 Å². The SMILES string of the molecule is C[C@H](O)c1ccc(N(C)Cc2ccccc2)c([N+](=O)[O-])c1. The van der Waals surface area contributed by atoms with Gasteiger partial charge in [-0.2, -0.15) is 0 Å². The van der Waals surface area contributed by atoms with Crippen LogP contribution in [0.25, 0.3) is 0 Å². The molecular formula is C16H18N2O3. The summed E-state index contributed by atoms with van der Waals surface area (Å²) in [5.74, 6) is 0. The predicted octanol–water partition coefficient (Wildman–Crippen LogP) is 3.28. The number of nitro groups is 1. The van der Waals surface area contributed by atoms with E-state index in [0.717, 1.165) is 5.56 Å². The molecule has 0 aliphatic heterocycles. The van der Waals surface area contributed by atoms with E-state index in [0.29, 0.717) is 17.8 Å². The van der Waals surface area contributed by atoms with E-state index in [1.165, 1.54) is 6.07 Å². The van der Waals surface area contributed by atoms with Gasteiger partial charge < -0.3 is 10.0 Å². The van der Waals surface area contributed by atoms with Gasteiger partial charge in [-0.15, -0.1) is 0 Å². The van der Waals surface area contributed by atoms with E-state index in [1.54, 1.807) is 19.1 Å². The highest BCUT2D eigenvalue weighted by Gasteiger charge is 2.19. The van der Waals surface area contributed by atoms with Crippen molar-refractivity contribution in [1.82, 2.24) is 0 Å². The summed E-state index contributed by atoms with van der Waals surface area (Å²) in [6, 6.07) is 14.6. The quantitative estimate of drug-likeness (QED) is 0.676. The summed E-state index contributed by atoms with van der Waals surface area (Å²) >= 11 is 0. The molecule has 0 aliphatic carbocycles. The standard InChI is InChI=1S/C16H18N2O3/c1-12(19)14-8-9-15(16(10-14)18(20)21)17(2)11-13-6-4-3-5-7-13/h3-10,12,19H,11H2,1-2H3/t12-/m0/s1. The third-order valence-electron chi connectivity index (χ3n) is 3.35. The number of hydrogen-bond acceptors (Lipinski definition) is 4. The van der Waals surface area contributed by atoms with Crippen LogP contribution >= 0.6 is 0 Å². The molecule has 2 rings (SSSR count). The van der Waals surface area contributed by atoms with Gasteiger partial charge in [0.2, 0.25) is 0 Å². The van der Waals surface area contributed by atoms with E-state index in [9.17, 15) is 15.2 Å². The molecule has 2 aromatic rings. The maximum atomic E-state index is 11.3. The van der Waals surface area contributed by atoms with Gasteiger partial charge in [-0.1, -0.05) is 36.4 Å². The van der Waals surface area contributed by atoms with Gasteiger partial charge in [-0.25, -0.2) is 0 Å². The summed E-state index contributed by atoms with van der Waals surface area (Å²) in [7, 11) is 1.82. The number of benzene rings is 2. The van der Waals surface area contributed by atoms with E-state index in [4.69, 9.17) is 0 Å².